The normalized spacial score (nSPS) is 21.1. The molecule has 31 heavy (non-hydrogen) atoms. The van der Waals surface area contributed by atoms with Crippen molar-refractivity contribution in [3.05, 3.63) is 29.5 Å². The molecule has 0 fully saturated rings. The Morgan fingerprint density at radius 1 is 1.26 bits per heavy atom. The van der Waals surface area contributed by atoms with E-state index >= 15 is 0 Å². The summed E-state index contributed by atoms with van der Waals surface area (Å²) in [4.78, 5) is 19.9. The first-order valence-corrected chi connectivity index (χ1v) is 12.9. The Hall–Kier alpha value is -1.92. The molecule has 2 aliphatic rings. The summed E-state index contributed by atoms with van der Waals surface area (Å²) >= 11 is 0. The van der Waals surface area contributed by atoms with Crippen LogP contribution in [0.4, 0.5) is 11.4 Å². The lowest BCUT2D eigenvalue weighted by molar-refractivity contribution is -0.128. The average molecular weight is 465 g/mol. The highest BCUT2D eigenvalue weighted by atomic mass is 32.2. The molecule has 0 aromatic heterocycles. The van der Waals surface area contributed by atoms with Crippen molar-refractivity contribution in [1.29, 1.82) is 0 Å². The number of carbonyl (C=O) groups is 1. The predicted molar refractivity (Wildman–Crippen MR) is 131 cm³/mol. The van der Waals surface area contributed by atoms with Crippen LogP contribution in [0.2, 0.25) is 0 Å². The lowest BCUT2D eigenvalue weighted by Gasteiger charge is -2.36. The van der Waals surface area contributed by atoms with E-state index in [1.54, 1.807) is 11.2 Å². The maximum atomic E-state index is 13.4. The van der Waals surface area contributed by atoms with Crippen LogP contribution in [0.25, 0.3) is 0 Å². The first-order valence-electron chi connectivity index (χ1n) is 10.4. The van der Waals surface area contributed by atoms with Gasteiger partial charge in [0.15, 0.2) is 0 Å². The predicted octanol–water partition coefficient (Wildman–Crippen LogP) is 3.75. The van der Waals surface area contributed by atoms with E-state index in [4.69, 9.17) is 0 Å². The molecule has 3 N–H and O–H groups in total. The van der Waals surface area contributed by atoms with Crippen LogP contribution in [-0.4, -0.2) is 44.8 Å². The Morgan fingerprint density at radius 2 is 1.94 bits per heavy atom. The van der Waals surface area contributed by atoms with E-state index in [1.165, 1.54) is 0 Å². The van der Waals surface area contributed by atoms with Crippen LogP contribution in [0.3, 0.4) is 0 Å². The molecule has 0 aliphatic carbocycles. The van der Waals surface area contributed by atoms with Gasteiger partial charge in [-0.15, -0.1) is 0 Å². The molecule has 0 saturated carbocycles. The number of fused-ring (bicyclic) bond motifs is 1. The van der Waals surface area contributed by atoms with Crippen LogP contribution >= 0.6 is 8.73 Å². The Morgan fingerprint density at radius 3 is 2.52 bits per heavy atom. The highest BCUT2D eigenvalue weighted by Gasteiger charge is 2.47. The number of aliphatic hydroxyl groups is 1. The summed E-state index contributed by atoms with van der Waals surface area (Å²) in [6, 6.07) is 5.17. The second kappa shape index (κ2) is 8.55. The molecule has 0 radical (unpaired) electrons. The highest BCUT2D eigenvalue weighted by Crippen LogP contribution is 2.39. The molecule has 2 aliphatic heterocycles. The summed E-state index contributed by atoms with van der Waals surface area (Å²) in [5.74, 6) is 0.326. The van der Waals surface area contributed by atoms with Crippen LogP contribution in [0.1, 0.15) is 48.0 Å². The number of benzene rings is 1. The summed E-state index contributed by atoms with van der Waals surface area (Å²) in [6.07, 6.45) is 2.42. The summed E-state index contributed by atoms with van der Waals surface area (Å²) in [6.45, 7) is 13.1. The maximum absolute atomic E-state index is 13.4. The molecule has 2 heterocycles. The number of aliphatic imine (C=N–C) groups is 1. The fourth-order valence-electron chi connectivity index (χ4n) is 3.80. The maximum Gasteiger partial charge on any atom is 0.261 e. The summed E-state index contributed by atoms with van der Waals surface area (Å²) in [5, 5.41) is 15.3. The molecule has 1 aromatic carbocycles. The van der Waals surface area contributed by atoms with Crippen molar-refractivity contribution in [2.75, 3.05) is 17.5 Å². The molecule has 3 unspecified atom stereocenters. The smallest absolute Gasteiger partial charge is 0.261 e. The van der Waals surface area contributed by atoms with Crippen molar-refractivity contribution in [2.24, 2.45) is 15.8 Å². The van der Waals surface area contributed by atoms with Gasteiger partial charge >= 0.3 is 0 Å². The van der Waals surface area contributed by atoms with E-state index in [2.05, 4.69) is 35.6 Å². The third kappa shape index (κ3) is 5.29. The Balaban J connectivity index is 1.95. The minimum absolute atomic E-state index is 0.0793. The molecule has 1 amide bonds. The summed E-state index contributed by atoms with van der Waals surface area (Å²) in [7, 11) is -0.976. The number of hydrogen-bond acceptors (Lipinski definition) is 5. The number of amides is 1. The fourth-order valence-corrected chi connectivity index (χ4v) is 5.19. The minimum Gasteiger partial charge on any atom is -0.509 e. The SMILES string of the molecule is CS(=O)Nc1ccc2c(c1)PNC(C1=C(O)C(C(C)(C)C)N(CCC(C)(C)C)C1=O)=N2. The van der Waals surface area contributed by atoms with Crippen molar-refractivity contribution >= 4 is 48.1 Å². The first kappa shape index (κ1) is 23.7. The van der Waals surface area contributed by atoms with Crippen LogP contribution in [0.5, 0.6) is 0 Å². The minimum atomic E-state index is -1.15. The number of carbonyl (C=O) groups excluding carboxylic acids is 1. The molecular formula is C22H33N4O3PS. The number of nitrogens with one attached hydrogen (secondary N) is 2. The zero-order valence-corrected chi connectivity index (χ0v) is 21.1. The zero-order chi connectivity index (χ0) is 23.1. The second-order valence-corrected chi connectivity index (χ2v) is 12.5. The zero-order valence-electron chi connectivity index (χ0n) is 19.3. The molecular weight excluding hydrogens is 431 g/mol. The number of nitrogens with zero attached hydrogens (tertiary/aromatic N) is 2. The largest absolute Gasteiger partial charge is 0.509 e. The van der Waals surface area contributed by atoms with Gasteiger partial charge in [0.25, 0.3) is 5.91 Å². The van der Waals surface area contributed by atoms with Crippen LogP contribution < -0.4 is 15.1 Å². The van der Waals surface area contributed by atoms with Gasteiger partial charge in [-0.1, -0.05) is 41.5 Å². The molecule has 1 aromatic rings. The van der Waals surface area contributed by atoms with Gasteiger partial charge in [-0.25, -0.2) is 9.20 Å². The van der Waals surface area contributed by atoms with E-state index in [-0.39, 0.29) is 36.8 Å². The monoisotopic (exact) mass is 464 g/mol. The Labute approximate surface area is 189 Å². The van der Waals surface area contributed by atoms with Gasteiger partial charge in [-0.2, -0.15) is 0 Å². The molecule has 9 heteroatoms. The Kier molecular flexibility index (Phi) is 6.55. The topological polar surface area (TPSA) is 94.0 Å². The standard InChI is InChI=1S/C22H33N4O3PS/c1-21(2,3)10-11-26-18(22(4,5)6)17(27)16(20(26)28)19-23-14-9-8-13(25-31(7)29)12-15(14)30-24-19/h8-9,12,18,25,27,30H,10-11H2,1-7H3,(H,23,24). The lowest BCUT2D eigenvalue weighted by Crippen LogP contribution is -2.45. The van der Waals surface area contributed by atoms with Crippen molar-refractivity contribution in [2.45, 2.75) is 54.0 Å². The quantitative estimate of drug-likeness (QED) is 0.579. The second-order valence-electron chi connectivity index (χ2n) is 10.3. The number of hydrogen-bond donors (Lipinski definition) is 3. The number of rotatable bonds is 5. The average Bonchev–Trinajstić information content (AvgIpc) is 2.88. The molecule has 3 rings (SSSR count). The highest BCUT2D eigenvalue weighted by molar-refractivity contribution is 7.85. The van der Waals surface area contributed by atoms with Gasteiger partial charge in [0.1, 0.15) is 28.2 Å². The van der Waals surface area contributed by atoms with Gasteiger partial charge < -0.3 is 19.8 Å². The van der Waals surface area contributed by atoms with Crippen molar-refractivity contribution < 1.29 is 14.1 Å². The number of aliphatic hydroxyl groups excluding tert-OH is 1. The van der Waals surface area contributed by atoms with Crippen LogP contribution in [0.15, 0.2) is 34.5 Å². The van der Waals surface area contributed by atoms with Crippen molar-refractivity contribution in [1.82, 2.24) is 9.99 Å². The van der Waals surface area contributed by atoms with E-state index in [0.717, 1.165) is 23.1 Å². The van der Waals surface area contributed by atoms with Crippen LogP contribution in [-0.2, 0) is 15.8 Å². The van der Waals surface area contributed by atoms with E-state index < -0.39 is 17.0 Å². The lowest BCUT2D eigenvalue weighted by atomic mass is 9.84. The van der Waals surface area contributed by atoms with Gasteiger partial charge in [0, 0.05) is 32.5 Å². The van der Waals surface area contributed by atoms with Crippen molar-refractivity contribution in [3.63, 3.8) is 0 Å². The first-order chi connectivity index (χ1) is 14.3. The summed E-state index contributed by atoms with van der Waals surface area (Å²) in [5.41, 5.74) is 1.53. The van der Waals surface area contributed by atoms with E-state index in [0.29, 0.717) is 12.4 Å². The molecule has 0 spiro atoms. The van der Waals surface area contributed by atoms with E-state index in [1.807, 2.05) is 39.0 Å². The van der Waals surface area contributed by atoms with Crippen molar-refractivity contribution in [3.8, 4) is 0 Å². The molecule has 170 valence electrons. The number of anilines is 1. The number of amidine groups is 1. The Bertz CT molecular complexity index is 976. The summed E-state index contributed by atoms with van der Waals surface area (Å²) < 4.78 is 14.3. The molecule has 3 atom stereocenters. The third-order valence-corrected chi connectivity index (χ3v) is 6.82. The van der Waals surface area contributed by atoms with Gasteiger partial charge in [0.2, 0.25) is 0 Å². The van der Waals surface area contributed by atoms with Crippen LogP contribution in [0, 0.1) is 10.8 Å². The van der Waals surface area contributed by atoms with Gasteiger partial charge in [-0.05, 0) is 35.4 Å². The molecule has 0 bridgehead atoms. The van der Waals surface area contributed by atoms with E-state index in [9.17, 15) is 14.1 Å². The van der Waals surface area contributed by atoms with Gasteiger partial charge in [0.05, 0.1) is 11.7 Å². The molecule has 0 saturated heterocycles. The molecule has 7 nitrogen and oxygen atoms in total. The fraction of sp³-hybridized carbons (Fsp3) is 0.545. The third-order valence-electron chi connectivity index (χ3n) is 5.27. The van der Waals surface area contributed by atoms with Gasteiger partial charge in [-0.3, -0.25) is 4.79 Å².